The second-order valence-corrected chi connectivity index (χ2v) is 5.48. The Bertz CT molecular complexity index is 460. The van der Waals surface area contributed by atoms with E-state index in [0.29, 0.717) is 6.42 Å². The molecule has 1 rings (SSSR count). The van der Waals surface area contributed by atoms with Crippen molar-refractivity contribution in [3.05, 3.63) is 33.8 Å². The van der Waals surface area contributed by atoms with E-state index in [1.165, 1.54) is 11.8 Å². The van der Waals surface area contributed by atoms with Crippen molar-refractivity contribution in [2.24, 2.45) is 0 Å². The summed E-state index contributed by atoms with van der Waals surface area (Å²) in [6.07, 6.45) is 0.689. The van der Waals surface area contributed by atoms with E-state index in [1.807, 2.05) is 18.2 Å². The Labute approximate surface area is 114 Å². The third kappa shape index (κ3) is 5.40. The predicted molar refractivity (Wildman–Crippen MR) is 74.7 cm³/mol. The van der Waals surface area contributed by atoms with Gasteiger partial charge in [-0.05, 0) is 23.8 Å². The van der Waals surface area contributed by atoms with Gasteiger partial charge in [-0.3, -0.25) is 4.79 Å². The van der Waals surface area contributed by atoms with Crippen LogP contribution in [-0.2, 0) is 11.4 Å². The number of carbonyl (C=O) groups is 1. The van der Waals surface area contributed by atoms with Gasteiger partial charge in [0.2, 0.25) is 0 Å². The molecule has 0 aromatic heterocycles. The van der Waals surface area contributed by atoms with Crippen molar-refractivity contribution >= 4 is 32.8 Å². The van der Waals surface area contributed by atoms with Crippen LogP contribution in [0.1, 0.15) is 24.5 Å². The minimum Gasteiger partial charge on any atom is -0.392 e. The normalized spacial score (nSPS) is 9.59. The lowest BCUT2D eigenvalue weighted by molar-refractivity contribution is -0.109. The Kier molecular flexibility index (Phi) is 6.35. The first-order valence-corrected chi connectivity index (χ1v) is 6.93. The van der Waals surface area contributed by atoms with E-state index in [9.17, 15) is 4.79 Å². The van der Waals surface area contributed by atoms with E-state index in [2.05, 4.69) is 27.8 Å². The quantitative estimate of drug-likeness (QED) is 0.688. The Morgan fingerprint density at radius 3 is 2.94 bits per heavy atom. The van der Waals surface area contributed by atoms with Gasteiger partial charge >= 0.3 is 0 Å². The fourth-order valence-electron chi connectivity index (χ4n) is 1.18. The lowest BCUT2D eigenvalue weighted by Crippen LogP contribution is -1.87. The average molecular weight is 313 g/mol. The second-order valence-electron chi connectivity index (χ2n) is 3.36. The topological polar surface area (TPSA) is 37.3 Å². The maximum absolute atomic E-state index is 10.7. The minimum absolute atomic E-state index is 0.00368. The van der Waals surface area contributed by atoms with Gasteiger partial charge in [0, 0.05) is 29.1 Å². The molecule has 0 aliphatic heterocycles. The Balaban J connectivity index is 2.57. The molecular weight excluding hydrogens is 300 g/mol. The standard InChI is InChI=1S/C13H13BrO2S/c1-10(16)17-7-3-2-4-11-5-6-13(14)12(8-11)9-15/h5-6,8,15H,3,7,9H2,1H3. The van der Waals surface area contributed by atoms with Gasteiger partial charge in [-0.1, -0.05) is 39.5 Å². The monoisotopic (exact) mass is 312 g/mol. The zero-order chi connectivity index (χ0) is 12.7. The van der Waals surface area contributed by atoms with Crippen LogP contribution in [-0.4, -0.2) is 16.0 Å². The zero-order valence-electron chi connectivity index (χ0n) is 9.50. The molecule has 0 fully saturated rings. The lowest BCUT2D eigenvalue weighted by atomic mass is 10.1. The van der Waals surface area contributed by atoms with E-state index in [4.69, 9.17) is 5.11 Å². The molecule has 0 amide bonds. The number of aliphatic hydroxyl groups is 1. The van der Waals surface area contributed by atoms with Gasteiger partial charge in [0.05, 0.1) is 6.61 Å². The largest absolute Gasteiger partial charge is 0.392 e. The zero-order valence-corrected chi connectivity index (χ0v) is 11.9. The number of aliphatic hydroxyl groups excluding tert-OH is 1. The molecule has 0 radical (unpaired) electrons. The summed E-state index contributed by atoms with van der Waals surface area (Å²) in [4.78, 5) is 10.7. The number of rotatable bonds is 3. The van der Waals surface area contributed by atoms with Crippen LogP contribution in [0.25, 0.3) is 0 Å². The first-order valence-electron chi connectivity index (χ1n) is 5.15. The molecule has 17 heavy (non-hydrogen) atoms. The Morgan fingerprint density at radius 1 is 1.53 bits per heavy atom. The van der Waals surface area contributed by atoms with E-state index >= 15 is 0 Å². The third-order valence-electron chi connectivity index (χ3n) is 1.98. The van der Waals surface area contributed by atoms with Crippen LogP contribution in [0.2, 0.25) is 0 Å². The molecular formula is C13H13BrO2S. The summed E-state index contributed by atoms with van der Waals surface area (Å²) >= 11 is 4.64. The first-order chi connectivity index (χ1) is 8.13. The number of thioether (sulfide) groups is 1. The third-order valence-corrected chi connectivity index (χ3v) is 3.57. The Morgan fingerprint density at radius 2 is 2.29 bits per heavy atom. The van der Waals surface area contributed by atoms with Crippen LogP contribution >= 0.6 is 27.7 Å². The summed E-state index contributed by atoms with van der Waals surface area (Å²) in [5, 5.41) is 9.22. The number of hydrogen-bond acceptors (Lipinski definition) is 3. The molecule has 0 saturated carbocycles. The van der Waals surface area contributed by atoms with Crippen LogP contribution < -0.4 is 0 Å². The molecule has 0 aliphatic rings. The molecule has 0 saturated heterocycles. The molecule has 0 atom stereocenters. The molecule has 2 nitrogen and oxygen atoms in total. The summed E-state index contributed by atoms with van der Waals surface area (Å²) < 4.78 is 0.887. The van der Waals surface area contributed by atoms with E-state index in [0.717, 1.165) is 21.4 Å². The van der Waals surface area contributed by atoms with Crippen molar-refractivity contribution in [3.63, 3.8) is 0 Å². The molecule has 1 N–H and O–H groups in total. The molecule has 0 spiro atoms. The van der Waals surface area contributed by atoms with Gasteiger partial charge in [0.25, 0.3) is 0 Å². The fourth-order valence-corrected chi connectivity index (χ4v) is 2.05. The minimum atomic E-state index is -0.00368. The van der Waals surface area contributed by atoms with Crippen molar-refractivity contribution in [1.82, 2.24) is 0 Å². The number of hydrogen-bond donors (Lipinski definition) is 1. The van der Waals surface area contributed by atoms with Crippen LogP contribution in [0.5, 0.6) is 0 Å². The fraction of sp³-hybridized carbons (Fsp3) is 0.308. The van der Waals surface area contributed by atoms with Gasteiger partial charge in [-0.25, -0.2) is 0 Å². The van der Waals surface area contributed by atoms with Crippen molar-refractivity contribution in [1.29, 1.82) is 0 Å². The predicted octanol–water partition coefficient (Wildman–Crippen LogP) is 2.96. The summed E-state index contributed by atoms with van der Waals surface area (Å²) in [5.41, 5.74) is 1.71. The van der Waals surface area contributed by atoms with Crippen molar-refractivity contribution in [2.45, 2.75) is 20.0 Å². The van der Waals surface area contributed by atoms with E-state index in [-0.39, 0.29) is 11.7 Å². The van der Waals surface area contributed by atoms with Crippen LogP contribution in [0, 0.1) is 11.8 Å². The number of carbonyl (C=O) groups excluding carboxylic acids is 1. The smallest absolute Gasteiger partial charge is 0.185 e. The lowest BCUT2D eigenvalue weighted by Gasteiger charge is -2.00. The molecule has 0 aliphatic carbocycles. The van der Waals surface area contributed by atoms with Crippen LogP contribution in [0.4, 0.5) is 0 Å². The van der Waals surface area contributed by atoms with Gasteiger partial charge in [-0.15, -0.1) is 0 Å². The first kappa shape index (κ1) is 14.3. The van der Waals surface area contributed by atoms with Crippen LogP contribution in [0.3, 0.4) is 0 Å². The van der Waals surface area contributed by atoms with Gasteiger partial charge < -0.3 is 5.11 Å². The highest BCUT2D eigenvalue weighted by Crippen LogP contribution is 2.17. The highest BCUT2D eigenvalue weighted by Gasteiger charge is 1.98. The molecule has 0 heterocycles. The molecule has 1 aromatic rings. The maximum Gasteiger partial charge on any atom is 0.185 e. The van der Waals surface area contributed by atoms with Crippen LogP contribution in [0.15, 0.2) is 22.7 Å². The van der Waals surface area contributed by atoms with Gasteiger partial charge in [-0.2, -0.15) is 0 Å². The summed E-state index contributed by atoms with van der Waals surface area (Å²) in [7, 11) is 0. The maximum atomic E-state index is 10.7. The molecule has 1 aromatic carbocycles. The number of halogens is 1. The highest BCUT2D eigenvalue weighted by atomic mass is 79.9. The summed E-state index contributed by atoms with van der Waals surface area (Å²) in [6, 6.07) is 5.63. The number of benzene rings is 1. The molecule has 0 unspecified atom stereocenters. The van der Waals surface area contributed by atoms with Crippen molar-refractivity contribution < 1.29 is 9.90 Å². The summed E-state index contributed by atoms with van der Waals surface area (Å²) in [5.74, 6) is 6.75. The average Bonchev–Trinajstić information content (AvgIpc) is 2.30. The Hall–Kier alpha value is -0.760. The van der Waals surface area contributed by atoms with Crippen molar-refractivity contribution in [2.75, 3.05) is 5.75 Å². The van der Waals surface area contributed by atoms with Gasteiger partial charge in [0.15, 0.2) is 5.12 Å². The summed E-state index contributed by atoms with van der Waals surface area (Å²) in [6.45, 7) is 1.55. The molecule has 4 heteroatoms. The SMILES string of the molecule is CC(=O)SCCC#Cc1ccc(Br)c(CO)c1. The second kappa shape index (κ2) is 7.54. The van der Waals surface area contributed by atoms with Gasteiger partial charge in [0.1, 0.15) is 0 Å². The highest BCUT2D eigenvalue weighted by molar-refractivity contribution is 9.10. The van der Waals surface area contributed by atoms with E-state index < -0.39 is 0 Å². The van der Waals surface area contributed by atoms with Crippen molar-refractivity contribution in [3.8, 4) is 11.8 Å². The molecule has 0 bridgehead atoms. The molecule has 90 valence electrons. The van der Waals surface area contributed by atoms with E-state index in [1.54, 1.807) is 6.92 Å².